The molecule has 0 saturated carbocycles. The van der Waals surface area contributed by atoms with Crippen molar-refractivity contribution in [3.63, 3.8) is 0 Å². The third-order valence-electron chi connectivity index (χ3n) is 2.59. The first-order valence-corrected chi connectivity index (χ1v) is 6.16. The molecule has 0 heterocycles. The molecular weight excluding hydrogens is 250 g/mol. The molecule has 19 heavy (non-hydrogen) atoms. The van der Waals surface area contributed by atoms with E-state index in [9.17, 15) is 14.4 Å². The van der Waals surface area contributed by atoms with E-state index in [1.807, 2.05) is 20.8 Å². The monoisotopic (exact) mass is 273 g/mol. The predicted octanol–water partition coefficient (Wildman–Crippen LogP) is 0.406. The van der Waals surface area contributed by atoms with Crippen molar-refractivity contribution in [3.8, 4) is 0 Å². The van der Waals surface area contributed by atoms with Crippen LogP contribution in [0.15, 0.2) is 0 Å². The number of nitrogens with one attached hydrogen (secondary N) is 2. The van der Waals surface area contributed by atoms with E-state index in [2.05, 4.69) is 10.6 Å². The zero-order valence-electron chi connectivity index (χ0n) is 12.1. The van der Waals surface area contributed by atoms with Gasteiger partial charge in [0, 0.05) is 12.1 Å². The van der Waals surface area contributed by atoms with Crippen LogP contribution in [-0.2, 0) is 9.59 Å². The van der Waals surface area contributed by atoms with Crippen LogP contribution in [0.2, 0.25) is 0 Å². The maximum Gasteiger partial charge on any atom is 0.321 e. The maximum atomic E-state index is 11.9. The Labute approximate surface area is 113 Å². The van der Waals surface area contributed by atoms with E-state index >= 15 is 0 Å². The van der Waals surface area contributed by atoms with Crippen molar-refractivity contribution in [3.05, 3.63) is 0 Å². The van der Waals surface area contributed by atoms with E-state index in [0.29, 0.717) is 6.54 Å². The van der Waals surface area contributed by atoms with Crippen molar-refractivity contribution in [2.45, 2.75) is 46.2 Å². The number of hydrogen-bond acceptors (Lipinski definition) is 4. The molecule has 0 radical (unpaired) electrons. The third-order valence-corrected chi connectivity index (χ3v) is 2.59. The second-order valence-corrected chi connectivity index (χ2v) is 5.22. The first-order chi connectivity index (χ1) is 8.59. The van der Waals surface area contributed by atoms with Gasteiger partial charge in [-0.1, -0.05) is 0 Å². The highest BCUT2D eigenvalue weighted by Gasteiger charge is 2.32. The Kier molecular flexibility index (Phi) is 6.47. The Morgan fingerprint density at radius 3 is 2.16 bits per heavy atom. The van der Waals surface area contributed by atoms with Gasteiger partial charge in [-0.25, -0.2) is 4.79 Å². The zero-order valence-corrected chi connectivity index (χ0v) is 12.1. The van der Waals surface area contributed by atoms with E-state index in [0.717, 1.165) is 0 Å². The highest BCUT2D eigenvalue weighted by Crippen LogP contribution is 2.16. The Hall–Kier alpha value is -1.63. The molecule has 110 valence electrons. The minimum absolute atomic E-state index is 0.270. The molecule has 0 aromatic rings. The summed E-state index contributed by atoms with van der Waals surface area (Å²) < 4.78 is 0. The van der Waals surface area contributed by atoms with Crippen LogP contribution in [0.25, 0.3) is 0 Å². The topological polar surface area (TPSA) is 98.7 Å². The zero-order chi connectivity index (χ0) is 15.2. The standard InChI is InChI=1S/C12H23N3O4/c1-6-13-11(19)14-10(18)8(2)15(7-9(16)17)12(3,4)5/h8H,6-7H2,1-5H3,(H,16,17)(H2,13,14,18,19). The molecule has 0 fully saturated rings. The van der Waals surface area contributed by atoms with Gasteiger partial charge in [0.25, 0.3) is 0 Å². The summed E-state index contributed by atoms with van der Waals surface area (Å²) in [6.07, 6.45) is 0. The molecule has 1 unspecified atom stereocenters. The number of amides is 3. The number of carboxylic acid groups (broad SMARTS) is 1. The molecule has 0 aliphatic heterocycles. The van der Waals surface area contributed by atoms with E-state index in [-0.39, 0.29) is 6.54 Å². The largest absolute Gasteiger partial charge is 0.480 e. The highest BCUT2D eigenvalue weighted by molar-refractivity contribution is 5.97. The van der Waals surface area contributed by atoms with Gasteiger partial charge in [0.1, 0.15) is 0 Å². The lowest BCUT2D eigenvalue weighted by Gasteiger charge is -2.38. The fourth-order valence-corrected chi connectivity index (χ4v) is 1.66. The van der Waals surface area contributed by atoms with Crippen molar-refractivity contribution in [2.75, 3.05) is 13.1 Å². The van der Waals surface area contributed by atoms with Crippen molar-refractivity contribution in [1.82, 2.24) is 15.5 Å². The molecule has 0 aromatic heterocycles. The summed E-state index contributed by atoms with van der Waals surface area (Å²) in [6.45, 7) is 8.88. The number of rotatable bonds is 5. The lowest BCUT2D eigenvalue weighted by molar-refractivity contribution is -0.142. The molecule has 0 aliphatic carbocycles. The molecule has 1 atom stereocenters. The number of carbonyl (C=O) groups is 3. The van der Waals surface area contributed by atoms with Gasteiger partial charge in [-0.15, -0.1) is 0 Å². The summed E-state index contributed by atoms with van der Waals surface area (Å²) in [7, 11) is 0. The van der Waals surface area contributed by atoms with Gasteiger partial charge in [0.2, 0.25) is 5.91 Å². The maximum absolute atomic E-state index is 11.9. The quantitative estimate of drug-likeness (QED) is 0.673. The Bertz CT molecular complexity index is 349. The molecule has 0 aromatic carbocycles. The van der Waals surface area contributed by atoms with E-state index in [1.165, 1.54) is 4.90 Å². The number of carbonyl (C=O) groups excluding carboxylic acids is 2. The Morgan fingerprint density at radius 2 is 1.79 bits per heavy atom. The minimum Gasteiger partial charge on any atom is -0.480 e. The SMILES string of the molecule is CCNC(=O)NC(=O)C(C)N(CC(=O)O)C(C)(C)C. The summed E-state index contributed by atoms with van der Waals surface area (Å²) in [5.74, 6) is -1.55. The summed E-state index contributed by atoms with van der Waals surface area (Å²) in [5, 5.41) is 13.5. The van der Waals surface area contributed by atoms with E-state index < -0.39 is 29.5 Å². The lowest BCUT2D eigenvalue weighted by atomic mass is 10.0. The first kappa shape index (κ1) is 17.4. The molecule has 0 aliphatic rings. The van der Waals surface area contributed by atoms with E-state index in [1.54, 1.807) is 13.8 Å². The molecule has 0 saturated heterocycles. The molecule has 7 nitrogen and oxygen atoms in total. The van der Waals surface area contributed by atoms with Gasteiger partial charge < -0.3 is 10.4 Å². The molecule has 3 N–H and O–H groups in total. The molecular formula is C12H23N3O4. The fourth-order valence-electron chi connectivity index (χ4n) is 1.66. The number of hydrogen-bond donors (Lipinski definition) is 3. The van der Waals surface area contributed by atoms with Crippen LogP contribution in [0.5, 0.6) is 0 Å². The smallest absolute Gasteiger partial charge is 0.321 e. The van der Waals surface area contributed by atoms with E-state index in [4.69, 9.17) is 5.11 Å². The van der Waals surface area contributed by atoms with Gasteiger partial charge in [0.05, 0.1) is 12.6 Å². The molecule has 0 rings (SSSR count). The Morgan fingerprint density at radius 1 is 1.26 bits per heavy atom. The summed E-state index contributed by atoms with van der Waals surface area (Å²) in [4.78, 5) is 35.5. The van der Waals surface area contributed by atoms with Crippen LogP contribution in [0.1, 0.15) is 34.6 Å². The lowest BCUT2D eigenvalue weighted by Crippen LogP contribution is -2.56. The number of imide groups is 1. The summed E-state index contributed by atoms with van der Waals surface area (Å²) in [5.41, 5.74) is -0.504. The van der Waals surface area contributed by atoms with Crippen LogP contribution in [0, 0.1) is 0 Å². The normalized spacial score (nSPS) is 12.9. The van der Waals surface area contributed by atoms with Crippen LogP contribution >= 0.6 is 0 Å². The number of aliphatic carboxylic acids is 1. The average Bonchev–Trinajstić information content (AvgIpc) is 2.23. The van der Waals surface area contributed by atoms with Crippen LogP contribution in [-0.4, -0.2) is 52.6 Å². The minimum atomic E-state index is -1.02. The summed E-state index contributed by atoms with van der Waals surface area (Å²) in [6, 6.07) is -1.30. The Balaban J connectivity index is 4.80. The van der Waals surface area contributed by atoms with Crippen molar-refractivity contribution >= 4 is 17.9 Å². The predicted molar refractivity (Wildman–Crippen MR) is 70.8 cm³/mol. The second kappa shape index (κ2) is 7.08. The number of nitrogens with zero attached hydrogens (tertiary/aromatic N) is 1. The van der Waals surface area contributed by atoms with Crippen LogP contribution < -0.4 is 10.6 Å². The van der Waals surface area contributed by atoms with Gasteiger partial charge in [-0.3, -0.25) is 19.8 Å². The molecule has 0 spiro atoms. The highest BCUT2D eigenvalue weighted by atomic mass is 16.4. The van der Waals surface area contributed by atoms with Gasteiger partial charge in [0.15, 0.2) is 0 Å². The molecule has 7 heteroatoms. The van der Waals surface area contributed by atoms with Crippen molar-refractivity contribution in [1.29, 1.82) is 0 Å². The van der Waals surface area contributed by atoms with Crippen molar-refractivity contribution < 1.29 is 19.5 Å². The third kappa shape index (κ3) is 6.19. The van der Waals surface area contributed by atoms with Crippen LogP contribution in [0.3, 0.4) is 0 Å². The van der Waals surface area contributed by atoms with Crippen LogP contribution in [0.4, 0.5) is 4.79 Å². The summed E-state index contributed by atoms with van der Waals surface area (Å²) >= 11 is 0. The van der Waals surface area contributed by atoms with Gasteiger partial charge >= 0.3 is 12.0 Å². The number of urea groups is 1. The average molecular weight is 273 g/mol. The second-order valence-electron chi connectivity index (χ2n) is 5.22. The molecule has 0 bridgehead atoms. The number of carboxylic acids is 1. The molecule has 3 amide bonds. The van der Waals surface area contributed by atoms with Crippen molar-refractivity contribution in [2.24, 2.45) is 0 Å². The van der Waals surface area contributed by atoms with Gasteiger partial charge in [-0.2, -0.15) is 0 Å². The fraction of sp³-hybridized carbons (Fsp3) is 0.750. The van der Waals surface area contributed by atoms with Gasteiger partial charge in [-0.05, 0) is 34.6 Å². The first-order valence-electron chi connectivity index (χ1n) is 6.16.